The maximum atomic E-state index is 6.07. The second kappa shape index (κ2) is 5.70. The Hall–Kier alpha value is -1.13. The van der Waals surface area contributed by atoms with Gasteiger partial charge in [-0.2, -0.15) is 0 Å². The van der Waals surface area contributed by atoms with Gasteiger partial charge in [-0.3, -0.25) is 4.40 Å². The number of pyridine rings is 1. The maximum absolute atomic E-state index is 6.07. The second-order valence-corrected chi connectivity index (χ2v) is 6.43. The molecule has 4 nitrogen and oxygen atoms in total. The lowest BCUT2D eigenvalue weighted by atomic mass is 9.93. The molecule has 1 aliphatic rings. The quantitative estimate of drug-likeness (QED) is 0.872. The van der Waals surface area contributed by atoms with Crippen LogP contribution in [-0.4, -0.2) is 38.6 Å². The van der Waals surface area contributed by atoms with Gasteiger partial charge in [-0.25, -0.2) is 0 Å². The fourth-order valence-corrected chi connectivity index (χ4v) is 3.20. The average molecular weight is 293 g/mol. The van der Waals surface area contributed by atoms with Crippen molar-refractivity contribution in [3.63, 3.8) is 0 Å². The number of hydrogen-bond acceptors (Lipinski definition) is 3. The largest absolute Gasteiger partial charge is 0.301 e. The molecule has 3 rings (SSSR count). The molecule has 2 aromatic rings. The fourth-order valence-electron chi connectivity index (χ4n) is 3.04. The minimum Gasteiger partial charge on any atom is -0.301 e. The van der Waals surface area contributed by atoms with Crippen molar-refractivity contribution in [3.05, 3.63) is 29.2 Å². The molecule has 1 saturated heterocycles. The van der Waals surface area contributed by atoms with Crippen LogP contribution in [0.3, 0.4) is 0 Å². The molecule has 0 aliphatic carbocycles. The van der Waals surface area contributed by atoms with Gasteiger partial charge in [0.1, 0.15) is 5.82 Å². The number of piperidine rings is 1. The molecule has 5 heteroatoms. The van der Waals surface area contributed by atoms with Crippen molar-refractivity contribution in [3.8, 4) is 0 Å². The van der Waals surface area contributed by atoms with E-state index in [1.165, 1.54) is 19.4 Å². The highest BCUT2D eigenvalue weighted by atomic mass is 35.5. The Labute approximate surface area is 124 Å². The van der Waals surface area contributed by atoms with E-state index < -0.39 is 0 Å². The first-order chi connectivity index (χ1) is 9.63. The van der Waals surface area contributed by atoms with Crippen LogP contribution in [0.5, 0.6) is 0 Å². The van der Waals surface area contributed by atoms with Crippen LogP contribution in [0.15, 0.2) is 18.3 Å². The summed E-state index contributed by atoms with van der Waals surface area (Å²) < 4.78 is 2.02. The summed E-state index contributed by atoms with van der Waals surface area (Å²) >= 11 is 6.07. The van der Waals surface area contributed by atoms with Crippen LogP contribution in [0.1, 0.15) is 32.5 Å². The van der Waals surface area contributed by atoms with E-state index in [1.807, 2.05) is 22.7 Å². The monoisotopic (exact) mass is 292 g/mol. The van der Waals surface area contributed by atoms with Crippen molar-refractivity contribution in [2.45, 2.75) is 39.2 Å². The summed E-state index contributed by atoms with van der Waals surface area (Å²) in [6.45, 7) is 6.93. The third-order valence-electron chi connectivity index (χ3n) is 4.19. The van der Waals surface area contributed by atoms with E-state index >= 15 is 0 Å². The summed E-state index contributed by atoms with van der Waals surface area (Å²) in [5, 5.41) is 9.28. The molecule has 108 valence electrons. The van der Waals surface area contributed by atoms with E-state index in [0.717, 1.165) is 29.5 Å². The number of fused-ring (bicyclic) bond motifs is 1. The summed E-state index contributed by atoms with van der Waals surface area (Å²) in [5.74, 6) is 1.69. The predicted molar refractivity (Wildman–Crippen MR) is 81.1 cm³/mol. The van der Waals surface area contributed by atoms with E-state index in [4.69, 9.17) is 11.6 Å². The number of halogens is 1. The van der Waals surface area contributed by atoms with Gasteiger partial charge < -0.3 is 4.90 Å². The molecule has 20 heavy (non-hydrogen) atoms. The minimum atomic E-state index is 0.627. The Morgan fingerprint density at radius 2 is 2.20 bits per heavy atom. The Balaban J connectivity index is 1.77. The average Bonchev–Trinajstić information content (AvgIpc) is 2.82. The molecule has 0 bridgehead atoms. The first-order valence-electron chi connectivity index (χ1n) is 7.36. The van der Waals surface area contributed by atoms with Gasteiger partial charge in [-0.15, -0.1) is 10.2 Å². The van der Waals surface area contributed by atoms with Gasteiger partial charge >= 0.3 is 0 Å². The number of rotatable bonds is 3. The summed E-state index contributed by atoms with van der Waals surface area (Å²) in [6.07, 6.45) is 5.44. The van der Waals surface area contributed by atoms with Gasteiger partial charge in [-0.05, 0) is 51.3 Å². The Bertz CT molecular complexity index is 593. The maximum Gasteiger partial charge on any atom is 0.160 e. The van der Waals surface area contributed by atoms with E-state index in [-0.39, 0.29) is 0 Å². The molecule has 1 aliphatic heterocycles. The minimum absolute atomic E-state index is 0.627. The highest BCUT2D eigenvalue weighted by molar-refractivity contribution is 6.30. The lowest BCUT2D eigenvalue weighted by Gasteiger charge is -2.35. The molecule has 0 saturated carbocycles. The lowest BCUT2D eigenvalue weighted by Crippen LogP contribution is -2.40. The van der Waals surface area contributed by atoms with E-state index in [9.17, 15) is 0 Å². The van der Waals surface area contributed by atoms with Crippen LogP contribution < -0.4 is 0 Å². The van der Waals surface area contributed by atoms with Crippen molar-refractivity contribution in [1.82, 2.24) is 19.5 Å². The standard InChI is InChI=1S/C15H21ClN4/c1-11(2)19-7-3-4-12(9-19)8-15-18-17-14-6-5-13(16)10-20(14)15/h5-6,10-12H,3-4,7-9H2,1-2H3. The predicted octanol–water partition coefficient (Wildman–Crippen LogP) is 3.05. The summed E-state index contributed by atoms with van der Waals surface area (Å²) in [7, 11) is 0. The smallest absolute Gasteiger partial charge is 0.160 e. The molecule has 1 fully saturated rings. The SMILES string of the molecule is CC(C)N1CCCC(Cc2nnc3ccc(Cl)cn23)C1. The number of aromatic nitrogens is 3. The van der Waals surface area contributed by atoms with Crippen molar-refractivity contribution < 1.29 is 0 Å². The van der Waals surface area contributed by atoms with Gasteiger partial charge in [-0.1, -0.05) is 11.6 Å². The Morgan fingerprint density at radius 1 is 1.35 bits per heavy atom. The summed E-state index contributed by atoms with van der Waals surface area (Å²) in [5.41, 5.74) is 0.876. The molecule has 0 N–H and O–H groups in total. The van der Waals surface area contributed by atoms with Crippen molar-refractivity contribution in [2.75, 3.05) is 13.1 Å². The molecule has 1 atom stereocenters. The molecule has 0 aromatic carbocycles. The van der Waals surface area contributed by atoms with Gasteiger partial charge in [0.25, 0.3) is 0 Å². The first-order valence-corrected chi connectivity index (χ1v) is 7.74. The van der Waals surface area contributed by atoms with Crippen LogP contribution in [-0.2, 0) is 6.42 Å². The van der Waals surface area contributed by atoms with Gasteiger partial charge in [0.2, 0.25) is 0 Å². The molecule has 2 aromatic heterocycles. The fraction of sp³-hybridized carbons (Fsp3) is 0.600. The number of hydrogen-bond donors (Lipinski definition) is 0. The second-order valence-electron chi connectivity index (χ2n) is 5.99. The number of likely N-dealkylation sites (tertiary alicyclic amines) is 1. The molecule has 1 unspecified atom stereocenters. The van der Waals surface area contributed by atoms with Crippen molar-refractivity contribution in [2.24, 2.45) is 5.92 Å². The Kier molecular flexibility index (Phi) is 3.94. The van der Waals surface area contributed by atoms with Crippen LogP contribution in [0.2, 0.25) is 5.02 Å². The van der Waals surface area contributed by atoms with E-state index in [1.54, 1.807) is 0 Å². The van der Waals surface area contributed by atoms with Gasteiger partial charge in [0, 0.05) is 25.2 Å². The molecular formula is C15H21ClN4. The van der Waals surface area contributed by atoms with Gasteiger partial charge in [0.15, 0.2) is 5.65 Å². The third-order valence-corrected chi connectivity index (χ3v) is 4.41. The van der Waals surface area contributed by atoms with Crippen LogP contribution in [0.4, 0.5) is 0 Å². The van der Waals surface area contributed by atoms with Crippen LogP contribution in [0.25, 0.3) is 5.65 Å². The zero-order valence-electron chi connectivity index (χ0n) is 12.1. The molecule has 0 spiro atoms. The summed E-state index contributed by atoms with van der Waals surface area (Å²) in [4.78, 5) is 2.56. The first kappa shape index (κ1) is 13.8. The Morgan fingerprint density at radius 3 is 3.00 bits per heavy atom. The number of nitrogens with zero attached hydrogens (tertiary/aromatic N) is 4. The highest BCUT2D eigenvalue weighted by Crippen LogP contribution is 2.22. The molecule has 0 radical (unpaired) electrons. The van der Waals surface area contributed by atoms with E-state index in [0.29, 0.717) is 12.0 Å². The molecule has 3 heterocycles. The lowest BCUT2D eigenvalue weighted by molar-refractivity contribution is 0.138. The van der Waals surface area contributed by atoms with Crippen molar-refractivity contribution in [1.29, 1.82) is 0 Å². The topological polar surface area (TPSA) is 33.4 Å². The molecule has 0 amide bonds. The normalized spacial score (nSPS) is 20.9. The zero-order valence-corrected chi connectivity index (χ0v) is 12.8. The zero-order chi connectivity index (χ0) is 14.1. The van der Waals surface area contributed by atoms with Gasteiger partial charge in [0.05, 0.1) is 5.02 Å². The third kappa shape index (κ3) is 2.81. The molecular weight excluding hydrogens is 272 g/mol. The highest BCUT2D eigenvalue weighted by Gasteiger charge is 2.23. The van der Waals surface area contributed by atoms with Crippen molar-refractivity contribution >= 4 is 17.2 Å². The summed E-state index contributed by atoms with van der Waals surface area (Å²) in [6, 6.07) is 4.40. The van der Waals surface area contributed by atoms with Crippen LogP contribution in [0, 0.1) is 5.92 Å². The van der Waals surface area contributed by atoms with E-state index in [2.05, 4.69) is 28.9 Å². The van der Waals surface area contributed by atoms with Crippen LogP contribution >= 0.6 is 11.6 Å².